The van der Waals surface area contributed by atoms with Crippen molar-refractivity contribution in [2.45, 2.75) is 25.7 Å². The van der Waals surface area contributed by atoms with Gasteiger partial charge in [-0.15, -0.1) is 0 Å². The first-order valence-corrected chi connectivity index (χ1v) is 7.43. The number of nitrogens with zero attached hydrogens (tertiary/aromatic N) is 3. The van der Waals surface area contributed by atoms with Gasteiger partial charge >= 0.3 is 0 Å². The largest absolute Gasteiger partial charge is 0.399 e. The predicted octanol–water partition coefficient (Wildman–Crippen LogP) is 3.20. The average molecular weight is 284 g/mol. The first-order valence-electron chi connectivity index (χ1n) is 7.43. The first kappa shape index (κ1) is 13.7. The molecule has 0 amide bonds. The molecule has 1 aromatic heterocycles. The highest BCUT2D eigenvalue weighted by atomic mass is 16.5. The van der Waals surface area contributed by atoms with Crippen LogP contribution in [-0.4, -0.2) is 23.2 Å². The lowest BCUT2D eigenvalue weighted by molar-refractivity contribution is 0.409. The Bertz CT molecular complexity index is 595. The molecule has 0 aliphatic carbocycles. The molecule has 1 fully saturated rings. The summed E-state index contributed by atoms with van der Waals surface area (Å²) in [5.74, 6) is 1.24. The van der Waals surface area contributed by atoms with Gasteiger partial charge in [0.05, 0.1) is 0 Å². The lowest BCUT2D eigenvalue weighted by Crippen LogP contribution is -2.24. The molecule has 3 rings (SSSR count). The van der Waals surface area contributed by atoms with E-state index < -0.39 is 0 Å². The summed E-state index contributed by atoms with van der Waals surface area (Å²) < 4.78 is 5.29. The minimum atomic E-state index is 0.533. The minimum absolute atomic E-state index is 0.533. The summed E-state index contributed by atoms with van der Waals surface area (Å²) >= 11 is 0. The summed E-state index contributed by atoms with van der Waals surface area (Å²) in [7, 11) is 0. The van der Waals surface area contributed by atoms with Gasteiger partial charge in [0.15, 0.2) is 0 Å². The van der Waals surface area contributed by atoms with E-state index in [9.17, 15) is 0 Å². The number of nitrogens with two attached hydrogens (primary N) is 1. The minimum Gasteiger partial charge on any atom is -0.399 e. The molecule has 0 spiro atoms. The van der Waals surface area contributed by atoms with Crippen molar-refractivity contribution in [1.82, 2.24) is 10.1 Å². The summed E-state index contributed by atoms with van der Waals surface area (Å²) in [5, 5.41) is 4.08. The Morgan fingerprint density at radius 1 is 1.00 bits per heavy atom. The molecule has 2 N–H and O–H groups in total. The molecule has 110 valence electrons. The van der Waals surface area contributed by atoms with Gasteiger partial charge in [0, 0.05) is 24.9 Å². The normalized spacial score (nSPS) is 16.3. The topological polar surface area (TPSA) is 68.2 Å². The zero-order valence-corrected chi connectivity index (χ0v) is 12.0. The first-order chi connectivity index (χ1) is 10.3. The standard InChI is InChI=1S/C16H20N4O/c17-14-8-5-13(6-9-14)7-10-15-18-16(19-21-15)20-11-3-1-2-4-12-20/h5-10H,1-4,11-12,17H2/b10-7+. The van der Waals surface area contributed by atoms with Crippen LogP contribution >= 0.6 is 0 Å². The molecule has 2 heterocycles. The van der Waals surface area contributed by atoms with Gasteiger partial charge in [-0.1, -0.05) is 25.0 Å². The fourth-order valence-corrected chi connectivity index (χ4v) is 2.47. The Hall–Kier alpha value is -2.30. The molecule has 2 aromatic rings. The van der Waals surface area contributed by atoms with Crippen molar-refractivity contribution in [1.29, 1.82) is 0 Å². The Kier molecular flexibility index (Phi) is 4.19. The van der Waals surface area contributed by atoms with Gasteiger partial charge in [-0.3, -0.25) is 0 Å². The molecule has 0 atom stereocenters. The van der Waals surface area contributed by atoms with E-state index in [1.54, 1.807) is 0 Å². The number of hydrogen-bond donors (Lipinski definition) is 1. The molecule has 5 heteroatoms. The van der Waals surface area contributed by atoms with Crippen molar-refractivity contribution in [2.24, 2.45) is 0 Å². The van der Waals surface area contributed by atoms with Crippen LogP contribution in [0.15, 0.2) is 28.8 Å². The second-order valence-electron chi connectivity index (χ2n) is 5.33. The quantitative estimate of drug-likeness (QED) is 0.877. The second-order valence-corrected chi connectivity index (χ2v) is 5.33. The van der Waals surface area contributed by atoms with Crippen LogP contribution in [0.2, 0.25) is 0 Å². The van der Waals surface area contributed by atoms with E-state index in [1.807, 2.05) is 36.4 Å². The number of rotatable bonds is 3. The molecular weight excluding hydrogens is 264 g/mol. The average Bonchev–Trinajstić information content (AvgIpc) is 2.80. The van der Waals surface area contributed by atoms with Crippen LogP contribution in [-0.2, 0) is 0 Å². The van der Waals surface area contributed by atoms with E-state index in [0.717, 1.165) is 24.3 Å². The van der Waals surface area contributed by atoms with Crippen LogP contribution in [0.3, 0.4) is 0 Å². The lowest BCUT2D eigenvalue weighted by Gasteiger charge is -2.16. The summed E-state index contributed by atoms with van der Waals surface area (Å²) in [6.07, 6.45) is 8.76. The van der Waals surface area contributed by atoms with Crippen molar-refractivity contribution >= 4 is 23.8 Å². The fourth-order valence-electron chi connectivity index (χ4n) is 2.47. The zero-order valence-electron chi connectivity index (χ0n) is 12.0. The Morgan fingerprint density at radius 3 is 2.43 bits per heavy atom. The maximum absolute atomic E-state index is 5.66. The fraction of sp³-hybridized carbons (Fsp3) is 0.375. The number of hydrogen-bond acceptors (Lipinski definition) is 5. The molecule has 1 aliphatic rings. The van der Waals surface area contributed by atoms with Gasteiger partial charge in [-0.2, -0.15) is 4.98 Å². The number of aromatic nitrogens is 2. The van der Waals surface area contributed by atoms with Gasteiger partial charge in [0.1, 0.15) is 0 Å². The lowest BCUT2D eigenvalue weighted by atomic mass is 10.2. The van der Waals surface area contributed by atoms with Crippen LogP contribution in [0.5, 0.6) is 0 Å². The van der Waals surface area contributed by atoms with Crippen molar-refractivity contribution < 1.29 is 4.52 Å². The van der Waals surface area contributed by atoms with E-state index in [4.69, 9.17) is 10.3 Å². The third-order valence-electron chi connectivity index (χ3n) is 3.67. The molecule has 5 nitrogen and oxygen atoms in total. The van der Waals surface area contributed by atoms with E-state index in [1.165, 1.54) is 25.7 Å². The van der Waals surface area contributed by atoms with Crippen molar-refractivity contribution in [3.63, 3.8) is 0 Å². The van der Waals surface area contributed by atoms with Gasteiger partial charge in [0.2, 0.25) is 0 Å². The van der Waals surface area contributed by atoms with Crippen molar-refractivity contribution in [2.75, 3.05) is 23.7 Å². The Balaban J connectivity index is 1.68. The summed E-state index contributed by atoms with van der Waals surface area (Å²) in [6, 6.07) is 7.65. The third-order valence-corrected chi connectivity index (χ3v) is 3.67. The number of anilines is 2. The summed E-state index contributed by atoms with van der Waals surface area (Å²) in [6.45, 7) is 2.03. The molecular formula is C16H20N4O. The predicted molar refractivity (Wildman–Crippen MR) is 84.8 cm³/mol. The second kappa shape index (κ2) is 6.43. The summed E-state index contributed by atoms with van der Waals surface area (Å²) in [5.41, 5.74) is 7.47. The van der Waals surface area contributed by atoms with E-state index in [0.29, 0.717) is 11.8 Å². The van der Waals surface area contributed by atoms with E-state index in [2.05, 4.69) is 15.0 Å². The van der Waals surface area contributed by atoms with Crippen molar-refractivity contribution in [3.05, 3.63) is 35.7 Å². The highest BCUT2D eigenvalue weighted by Crippen LogP contribution is 2.17. The zero-order chi connectivity index (χ0) is 14.5. The van der Waals surface area contributed by atoms with Crippen LogP contribution in [0.25, 0.3) is 12.2 Å². The molecule has 21 heavy (non-hydrogen) atoms. The molecule has 0 radical (unpaired) electrons. The molecule has 0 unspecified atom stereocenters. The molecule has 1 aliphatic heterocycles. The highest BCUT2D eigenvalue weighted by molar-refractivity contribution is 5.67. The molecule has 1 aromatic carbocycles. The van der Waals surface area contributed by atoms with Gasteiger partial charge in [-0.25, -0.2) is 0 Å². The van der Waals surface area contributed by atoms with E-state index >= 15 is 0 Å². The van der Waals surface area contributed by atoms with Gasteiger partial charge in [-0.05, 0) is 41.8 Å². The SMILES string of the molecule is Nc1ccc(/C=C/c2nc(N3CCCCCC3)no2)cc1. The van der Waals surface area contributed by atoms with Crippen LogP contribution in [0.1, 0.15) is 37.1 Å². The van der Waals surface area contributed by atoms with Crippen LogP contribution < -0.4 is 10.6 Å². The molecule has 0 bridgehead atoms. The number of nitrogen functional groups attached to an aromatic ring is 1. The monoisotopic (exact) mass is 284 g/mol. The number of benzene rings is 1. The van der Waals surface area contributed by atoms with E-state index in [-0.39, 0.29) is 0 Å². The van der Waals surface area contributed by atoms with Gasteiger partial charge < -0.3 is 15.2 Å². The smallest absolute Gasteiger partial charge is 0.266 e. The molecule has 1 saturated heterocycles. The third kappa shape index (κ3) is 3.62. The van der Waals surface area contributed by atoms with Crippen molar-refractivity contribution in [3.8, 4) is 0 Å². The Morgan fingerprint density at radius 2 is 1.71 bits per heavy atom. The maximum Gasteiger partial charge on any atom is 0.266 e. The highest BCUT2D eigenvalue weighted by Gasteiger charge is 2.14. The van der Waals surface area contributed by atoms with Crippen LogP contribution in [0.4, 0.5) is 11.6 Å². The van der Waals surface area contributed by atoms with Crippen LogP contribution in [0, 0.1) is 0 Å². The molecule has 0 saturated carbocycles. The summed E-state index contributed by atoms with van der Waals surface area (Å²) in [4.78, 5) is 6.65. The van der Waals surface area contributed by atoms with Gasteiger partial charge in [0.25, 0.3) is 11.8 Å². The maximum atomic E-state index is 5.66. The Labute approximate surface area is 124 Å².